The van der Waals surface area contributed by atoms with Crippen LogP contribution in [-0.2, 0) is 12.7 Å². The third-order valence-electron chi connectivity index (χ3n) is 4.98. The summed E-state index contributed by atoms with van der Waals surface area (Å²) in [6, 6.07) is 10.7. The Morgan fingerprint density at radius 2 is 1.50 bits per heavy atom. The fourth-order valence-corrected chi connectivity index (χ4v) is 3.23. The van der Waals surface area contributed by atoms with Crippen molar-refractivity contribution in [2.75, 3.05) is 19.5 Å². The van der Waals surface area contributed by atoms with Gasteiger partial charge in [-0.2, -0.15) is 18.2 Å². The van der Waals surface area contributed by atoms with Crippen LogP contribution in [0.2, 0.25) is 0 Å². The van der Waals surface area contributed by atoms with E-state index in [1.54, 1.807) is 18.2 Å². The van der Waals surface area contributed by atoms with E-state index in [9.17, 15) is 22.0 Å². The Labute approximate surface area is 201 Å². The molecule has 0 amide bonds. The van der Waals surface area contributed by atoms with Crippen LogP contribution in [0.5, 0.6) is 23.0 Å². The van der Waals surface area contributed by atoms with Crippen molar-refractivity contribution in [3.8, 4) is 34.4 Å². The third-order valence-corrected chi connectivity index (χ3v) is 4.98. The molecule has 188 valence electrons. The normalized spacial score (nSPS) is 11.3. The predicted octanol–water partition coefficient (Wildman–Crippen LogP) is 6.46. The second-order valence-electron chi connectivity index (χ2n) is 7.37. The number of anilines is 1. The fourth-order valence-electron chi connectivity index (χ4n) is 3.23. The number of hydrogen-bond donors (Lipinski definition) is 1. The van der Waals surface area contributed by atoms with Crippen LogP contribution in [0.25, 0.3) is 11.4 Å². The molecule has 0 spiro atoms. The summed E-state index contributed by atoms with van der Waals surface area (Å²) in [5.74, 6) is -1.50. The SMILES string of the molecule is COc1cc(OC)cc(-c2noc(NCc3ccc(Oc4ccc(F)c(F)c4)cc3C(F)(F)F)n2)c1. The van der Waals surface area contributed by atoms with Gasteiger partial charge in [-0.25, -0.2) is 8.78 Å². The number of aromatic nitrogens is 2. The van der Waals surface area contributed by atoms with Gasteiger partial charge >= 0.3 is 12.2 Å². The number of alkyl halides is 3. The van der Waals surface area contributed by atoms with Crippen molar-refractivity contribution in [1.29, 1.82) is 0 Å². The molecule has 0 saturated heterocycles. The van der Waals surface area contributed by atoms with Crippen LogP contribution in [0.3, 0.4) is 0 Å². The highest BCUT2D eigenvalue weighted by Crippen LogP contribution is 2.36. The number of rotatable bonds is 8. The summed E-state index contributed by atoms with van der Waals surface area (Å²) in [6.07, 6.45) is -4.72. The van der Waals surface area contributed by atoms with Gasteiger partial charge in [0.2, 0.25) is 5.82 Å². The van der Waals surface area contributed by atoms with E-state index in [4.69, 9.17) is 18.7 Å². The van der Waals surface area contributed by atoms with Crippen molar-refractivity contribution in [3.63, 3.8) is 0 Å². The molecule has 0 radical (unpaired) electrons. The zero-order chi connectivity index (χ0) is 25.9. The summed E-state index contributed by atoms with van der Waals surface area (Å²) in [7, 11) is 2.96. The number of nitrogens with zero attached hydrogens (tertiary/aromatic N) is 2. The first-order valence-electron chi connectivity index (χ1n) is 10.3. The van der Waals surface area contributed by atoms with Gasteiger partial charge in [-0.05, 0) is 42.0 Å². The summed E-state index contributed by atoms with van der Waals surface area (Å²) >= 11 is 0. The van der Waals surface area contributed by atoms with Gasteiger partial charge in [-0.1, -0.05) is 11.2 Å². The molecular formula is C24H18F5N3O4. The van der Waals surface area contributed by atoms with Crippen molar-refractivity contribution in [2.45, 2.75) is 12.7 Å². The Morgan fingerprint density at radius 1 is 0.833 bits per heavy atom. The summed E-state index contributed by atoms with van der Waals surface area (Å²) < 4.78 is 88.4. The van der Waals surface area contributed by atoms with Crippen LogP contribution in [0.15, 0.2) is 59.1 Å². The van der Waals surface area contributed by atoms with Crippen molar-refractivity contribution in [3.05, 3.63) is 77.4 Å². The van der Waals surface area contributed by atoms with E-state index in [2.05, 4.69) is 15.5 Å². The molecule has 0 atom stereocenters. The van der Waals surface area contributed by atoms with Crippen LogP contribution in [0, 0.1) is 11.6 Å². The average molecular weight is 507 g/mol. The van der Waals surface area contributed by atoms with Crippen molar-refractivity contribution >= 4 is 6.01 Å². The second kappa shape index (κ2) is 10.1. The van der Waals surface area contributed by atoms with Crippen molar-refractivity contribution in [2.24, 2.45) is 0 Å². The topological polar surface area (TPSA) is 78.6 Å². The average Bonchev–Trinajstić information content (AvgIpc) is 3.33. The van der Waals surface area contributed by atoms with E-state index >= 15 is 0 Å². The zero-order valence-electron chi connectivity index (χ0n) is 18.8. The third kappa shape index (κ3) is 5.65. The van der Waals surface area contributed by atoms with Crippen LogP contribution >= 0.6 is 0 Å². The number of halogens is 5. The van der Waals surface area contributed by atoms with E-state index in [0.29, 0.717) is 17.1 Å². The first-order chi connectivity index (χ1) is 17.2. The van der Waals surface area contributed by atoms with Gasteiger partial charge in [0.1, 0.15) is 23.0 Å². The van der Waals surface area contributed by atoms with Gasteiger partial charge in [-0.3, -0.25) is 0 Å². The molecule has 0 bridgehead atoms. The van der Waals surface area contributed by atoms with Gasteiger partial charge in [0.25, 0.3) is 0 Å². The first-order valence-corrected chi connectivity index (χ1v) is 10.3. The van der Waals surface area contributed by atoms with Crippen LogP contribution < -0.4 is 19.5 Å². The largest absolute Gasteiger partial charge is 0.497 e. The monoisotopic (exact) mass is 507 g/mol. The Hall–Kier alpha value is -4.35. The van der Waals surface area contributed by atoms with Crippen molar-refractivity contribution < 1.29 is 40.7 Å². The minimum Gasteiger partial charge on any atom is -0.497 e. The standard InChI is InChI=1S/C24H18F5N3O4/c1-33-17-7-14(8-18(9-17)34-2)22-31-23(36-32-22)30-12-13-3-4-15(10-19(13)24(27,28)29)35-16-5-6-20(25)21(26)11-16/h3-11H,12H2,1-2H3,(H,30,31,32). The van der Waals surface area contributed by atoms with E-state index in [-0.39, 0.29) is 35.4 Å². The molecule has 7 nitrogen and oxygen atoms in total. The lowest BCUT2D eigenvalue weighted by Gasteiger charge is -2.15. The maximum atomic E-state index is 13.7. The predicted molar refractivity (Wildman–Crippen MR) is 118 cm³/mol. The smallest absolute Gasteiger partial charge is 0.416 e. The van der Waals surface area contributed by atoms with Gasteiger partial charge in [0, 0.05) is 24.2 Å². The van der Waals surface area contributed by atoms with Crippen LogP contribution in [-0.4, -0.2) is 24.4 Å². The lowest BCUT2D eigenvalue weighted by atomic mass is 10.1. The molecular weight excluding hydrogens is 489 g/mol. The highest BCUT2D eigenvalue weighted by molar-refractivity contribution is 5.61. The van der Waals surface area contributed by atoms with Crippen LogP contribution in [0.1, 0.15) is 11.1 Å². The summed E-state index contributed by atoms with van der Waals surface area (Å²) in [5.41, 5.74) is -0.618. The van der Waals surface area contributed by atoms with Crippen molar-refractivity contribution in [1.82, 2.24) is 10.1 Å². The molecule has 1 N–H and O–H groups in total. The summed E-state index contributed by atoms with van der Waals surface area (Å²) in [4.78, 5) is 4.15. The first kappa shape index (κ1) is 24.8. The van der Waals surface area contributed by atoms with Gasteiger partial charge in [0.05, 0.1) is 19.8 Å². The number of ether oxygens (including phenoxy) is 3. The highest BCUT2D eigenvalue weighted by Gasteiger charge is 2.34. The molecule has 0 aliphatic carbocycles. The zero-order valence-corrected chi connectivity index (χ0v) is 18.8. The fraction of sp³-hybridized carbons (Fsp3) is 0.167. The van der Waals surface area contributed by atoms with E-state index in [1.165, 1.54) is 26.4 Å². The van der Waals surface area contributed by atoms with E-state index in [1.807, 2.05) is 0 Å². The van der Waals surface area contributed by atoms with E-state index < -0.39 is 23.4 Å². The molecule has 36 heavy (non-hydrogen) atoms. The Bertz CT molecular complexity index is 1350. The molecule has 12 heteroatoms. The Morgan fingerprint density at radius 3 is 2.14 bits per heavy atom. The Balaban J connectivity index is 1.52. The quantitative estimate of drug-likeness (QED) is 0.275. The van der Waals surface area contributed by atoms with Crippen LogP contribution in [0.4, 0.5) is 28.0 Å². The highest BCUT2D eigenvalue weighted by atomic mass is 19.4. The second-order valence-corrected chi connectivity index (χ2v) is 7.37. The molecule has 1 heterocycles. The maximum Gasteiger partial charge on any atom is 0.416 e. The number of nitrogens with one attached hydrogen (secondary N) is 1. The minimum atomic E-state index is -4.72. The minimum absolute atomic E-state index is 0.109. The maximum absolute atomic E-state index is 13.7. The lowest BCUT2D eigenvalue weighted by molar-refractivity contribution is -0.138. The molecule has 0 fully saturated rings. The van der Waals surface area contributed by atoms with Gasteiger partial charge < -0.3 is 24.1 Å². The molecule has 0 saturated carbocycles. The van der Waals surface area contributed by atoms with E-state index in [0.717, 1.165) is 24.3 Å². The number of benzene rings is 3. The molecule has 0 unspecified atom stereocenters. The lowest BCUT2D eigenvalue weighted by Crippen LogP contribution is -2.12. The number of methoxy groups -OCH3 is 2. The number of hydrogen-bond acceptors (Lipinski definition) is 7. The van der Waals surface area contributed by atoms with Gasteiger partial charge in [-0.15, -0.1) is 0 Å². The Kier molecular flexibility index (Phi) is 6.95. The molecule has 1 aromatic heterocycles. The summed E-state index contributed by atoms with van der Waals surface area (Å²) in [6.45, 7) is -0.302. The molecule has 4 aromatic rings. The molecule has 0 aliphatic heterocycles. The summed E-state index contributed by atoms with van der Waals surface area (Å²) in [5, 5.41) is 6.50. The molecule has 0 aliphatic rings. The molecule has 4 rings (SSSR count). The molecule has 3 aromatic carbocycles. The van der Waals surface area contributed by atoms with Gasteiger partial charge in [0.15, 0.2) is 11.6 Å².